The molecule has 2 aromatic carbocycles. The molecule has 3 rings (SSSR count). The largest absolute Gasteiger partial charge is 0.322 e. The Kier molecular flexibility index (Phi) is 5.23. The van der Waals surface area contributed by atoms with Gasteiger partial charge in [-0.1, -0.05) is 23.5 Å². The van der Waals surface area contributed by atoms with E-state index in [0.717, 1.165) is 4.70 Å². The summed E-state index contributed by atoms with van der Waals surface area (Å²) in [5.41, 5.74) is 1.81. The van der Waals surface area contributed by atoms with E-state index in [2.05, 4.69) is 15.6 Å². The zero-order valence-corrected chi connectivity index (χ0v) is 14.9. The number of fused-ring (bicyclic) bond motifs is 1. The first-order valence-corrected chi connectivity index (χ1v) is 8.64. The molecule has 136 valence electrons. The number of nitro benzene ring substituents is 1. The van der Waals surface area contributed by atoms with E-state index in [4.69, 9.17) is 0 Å². The lowest BCUT2D eigenvalue weighted by Gasteiger charge is -2.01. The predicted octanol–water partition coefficient (Wildman–Crippen LogP) is 3.81. The number of rotatable bonds is 5. The number of hydrogen-bond donors (Lipinski definition) is 2. The molecule has 2 N–H and O–H groups in total. The van der Waals surface area contributed by atoms with Crippen molar-refractivity contribution in [1.82, 2.24) is 4.98 Å². The number of non-ortho nitro benzene ring substituents is 1. The number of aromatic nitrogens is 1. The molecule has 0 saturated heterocycles. The highest BCUT2D eigenvalue weighted by Gasteiger charge is 2.07. The summed E-state index contributed by atoms with van der Waals surface area (Å²) >= 11 is 1.31. The lowest BCUT2D eigenvalue weighted by atomic mass is 10.2. The molecule has 27 heavy (non-hydrogen) atoms. The van der Waals surface area contributed by atoms with Gasteiger partial charge in [0.25, 0.3) is 5.69 Å². The van der Waals surface area contributed by atoms with Crippen LogP contribution in [0.2, 0.25) is 0 Å². The standard InChI is InChI=1S/C18H14N4O4S/c1-11(23)19-18-21-15-7-6-13(10-16(15)27-18)20-17(24)8-5-12-3-2-4-14(9-12)22(25)26/h2-10H,1H3,(H,20,24)(H,19,21,23). The third kappa shape index (κ3) is 4.73. The van der Waals surface area contributed by atoms with E-state index < -0.39 is 4.92 Å². The molecule has 0 atom stereocenters. The van der Waals surface area contributed by atoms with Crippen molar-refractivity contribution in [1.29, 1.82) is 0 Å². The third-order valence-corrected chi connectivity index (χ3v) is 4.38. The first kappa shape index (κ1) is 18.2. The molecule has 8 nitrogen and oxygen atoms in total. The molecular weight excluding hydrogens is 368 g/mol. The molecule has 0 spiro atoms. The zero-order valence-electron chi connectivity index (χ0n) is 14.1. The summed E-state index contributed by atoms with van der Waals surface area (Å²) in [5.74, 6) is -0.568. The Morgan fingerprint density at radius 3 is 2.74 bits per heavy atom. The average Bonchev–Trinajstić information content (AvgIpc) is 3.01. The third-order valence-electron chi connectivity index (χ3n) is 3.45. The number of anilines is 2. The van der Waals surface area contributed by atoms with E-state index in [1.807, 2.05) is 0 Å². The van der Waals surface area contributed by atoms with Gasteiger partial charge in [0.2, 0.25) is 11.8 Å². The molecule has 0 bridgehead atoms. The van der Waals surface area contributed by atoms with E-state index in [0.29, 0.717) is 21.9 Å². The molecule has 0 aliphatic carbocycles. The Hall–Kier alpha value is -3.59. The maximum Gasteiger partial charge on any atom is 0.270 e. The highest BCUT2D eigenvalue weighted by atomic mass is 32.1. The van der Waals surface area contributed by atoms with Gasteiger partial charge in [-0.05, 0) is 29.8 Å². The van der Waals surface area contributed by atoms with Gasteiger partial charge in [-0.15, -0.1) is 0 Å². The van der Waals surface area contributed by atoms with Crippen LogP contribution in [0.25, 0.3) is 16.3 Å². The van der Waals surface area contributed by atoms with E-state index in [-0.39, 0.29) is 17.5 Å². The monoisotopic (exact) mass is 382 g/mol. The first-order valence-electron chi connectivity index (χ1n) is 7.82. The predicted molar refractivity (Wildman–Crippen MR) is 105 cm³/mol. The Morgan fingerprint density at radius 2 is 2.00 bits per heavy atom. The molecule has 1 heterocycles. The van der Waals surface area contributed by atoms with Crippen LogP contribution in [0.3, 0.4) is 0 Å². The molecule has 0 fully saturated rings. The maximum atomic E-state index is 12.1. The van der Waals surface area contributed by atoms with Crippen molar-refractivity contribution in [2.24, 2.45) is 0 Å². The van der Waals surface area contributed by atoms with Gasteiger partial charge < -0.3 is 10.6 Å². The van der Waals surface area contributed by atoms with Crippen LogP contribution in [0.15, 0.2) is 48.5 Å². The van der Waals surface area contributed by atoms with E-state index in [9.17, 15) is 19.7 Å². The van der Waals surface area contributed by atoms with Crippen molar-refractivity contribution in [3.63, 3.8) is 0 Å². The number of nitro groups is 1. The SMILES string of the molecule is CC(=O)Nc1nc2ccc(NC(=O)C=Cc3cccc([N+](=O)[O-])c3)cc2s1. The van der Waals surface area contributed by atoms with E-state index in [1.54, 1.807) is 30.3 Å². The summed E-state index contributed by atoms with van der Waals surface area (Å²) < 4.78 is 0.819. The Balaban J connectivity index is 1.70. The van der Waals surface area contributed by atoms with Gasteiger partial charge in [0.15, 0.2) is 5.13 Å². The molecule has 3 aromatic rings. The summed E-state index contributed by atoms with van der Waals surface area (Å²) in [6, 6.07) is 11.2. The van der Waals surface area contributed by atoms with Crippen molar-refractivity contribution in [2.75, 3.05) is 10.6 Å². The fourth-order valence-corrected chi connectivity index (χ4v) is 3.26. The number of benzene rings is 2. The number of nitrogens with one attached hydrogen (secondary N) is 2. The minimum Gasteiger partial charge on any atom is -0.322 e. The normalized spacial score (nSPS) is 10.9. The van der Waals surface area contributed by atoms with Gasteiger partial charge in [0.1, 0.15) is 0 Å². The van der Waals surface area contributed by atoms with Crippen LogP contribution in [-0.4, -0.2) is 21.7 Å². The first-order chi connectivity index (χ1) is 12.9. The molecule has 0 unspecified atom stereocenters. The number of carbonyl (C=O) groups is 2. The minimum absolute atomic E-state index is 0.0387. The zero-order chi connectivity index (χ0) is 19.4. The fraction of sp³-hybridized carbons (Fsp3) is 0.0556. The maximum absolute atomic E-state index is 12.1. The number of carbonyl (C=O) groups excluding carboxylic acids is 2. The highest BCUT2D eigenvalue weighted by Crippen LogP contribution is 2.28. The molecule has 9 heteroatoms. The van der Waals surface area contributed by atoms with Gasteiger partial charge in [-0.25, -0.2) is 4.98 Å². The molecular formula is C18H14N4O4S. The molecule has 2 amide bonds. The van der Waals surface area contributed by atoms with Gasteiger partial charge in [-0.2, -0.15) is 0 Å². The van der Waals surface area contributed by atoms with E-state index >= 15 is 0 Å². The summed E-state index contributed by atoms with van der Waals surface area (Å²) in [6.07, 6.45) is 2.81. The van der Waals surface area contributed by atoms with Crippen molar-refractivity contribution in [3.8, 4) is 0 Å². The topological polar surface area (TPSA) is 114 Å². The summed E-state index contributed by atoms with van der Waals surface area (Å²) in [4.78, 5) is 37.8. The van der Waals surface area contributed by atoms with E-state index in [1.165, 1.54) is 42.5 Å². The second-order valence-electron chi connectivity index (χ2n) is 5.56. The van der Waals surface area contributed by atoms with Crippen LogP contribution in [-0.2, 0) is 9.59 Å². The molecule has 0 saturated carbocycles. The minimum atomic E-state index is -0.489. The summed E-state index contributed by atoms with van der Waals surface area (Å²) in [6.45, 7) is 1.41. The van der Waals surface area contributed by atoms with Crippen molar-refractivity contribution in [2.45, 2.75) is 6.92 Å². The average molecular weight is 382 g/mol. The van der Waals surface area contributed by atoms with Crippen molar-refractivity contribution in [3.05, 3.63) is 64.2 Å². The van der Waals surface area contributed by atoms with Crippen LogP contribution < -0.4 is 10.6 Å². The number of nitrogens with zero attached hydrogens (tertiary/aromatic N) is 2. The van der Waals surface area contributed by atoms with Crippen LogP contribution >= 0.6 is 11.3 Å². The summed E-state index contributed by atoms with van der Waals surface area (Å²) in [5, 5.41) is 16.6. The second-order valence-corrected chi connectivity index (χ2v) is 6.59. The molecule has 1 aromatic heterocycles. The number of amides is 2. The molecule has 0 radical (unpaired) electrons. The number of thiazole rings is 1. The molecule has 0 aliphatic rings. The highest BCUT2D eigenvalue weighted by molar-refractivity contribution is 7.22. The van der Waals surface area contributed by atoms with Gasteiger partial charge in [-0.3, -0.25) is 19.7 Å². The van der Waals surface area contributed by atoms with Crippen LogP contribution in [0.5, 0.6) is 0 Å². The van der Waals surface area contributed by atoms with Crippen LogP contribution in [0, 0.1) is 10.1 Å². The Morgan fingerprint density at radius 1 is 1.19 bits per heavy atom. The fourth-order valence-electron chi connectivity index (χ4n) is 2.30. The van der Waals surface area contributed by atoms with Crippen molar-refractivity contribution < 1.29 is 14.5 Å². The summed E-state index contributed by atoms with van der Waals surface area (Å²) in [7, 11) is 0. The van der Waals surface area contributed by atoms with Gasteiger partial charge in [0, 0.05) is 30.8 Å². The van der Waals surface area contributed by atoms with Crippen LogP contribution in [0.4, 0.5) is 16.5 Å². The number of hydrogen-bond acceptors (Lipinski definition) is 6. The van der Waals surface area contributed by atoms with Crippen LogP contribution in [0.1, 0.15) is 12.5 Å². The lowest BCUT2D eigenvalue weighted by Crippen LogP contribution is -2.07. The lowest BCUT2D eigenvalue weighted by molar-refractivity contribution is -0.384. The second kappa shape index (κ2) is 7.75. The molecule has 0 aliphatic heterocycles. The smallest absolute Gasteiger partial charge is 0.270 e. The Labute approximate surface area is 157 Å². The Bertz CT molecular complexity index is 1070. The van der Waals surface area contributed by atoms with Gasteiger partial charge in [0.05, 0.1) is 15.1 Å². The van der Waals surface area contributed by atoms with Crippen molar-refractivity contribution >= 4 is 56.0 Å². The quantitative estimate of drug-likeness (QED) is 0.396. The van der Waals surface area contributed by atoms with Gasteiger partial charge >= 0.3 is 0 Å².